The van der Waals surface area contributed by atoms with Crippen LogP contribution in [0.2, 0.25) is 15.1 Å². The highest BCUT2D eigenvalue weighted by atomic mass is 35.5. The van der Waals surface area contributed by atoms with E-state index in [4.69, 9.17) is 72.6 Å². The van der Waals surface area contributed by atoms with Crippen LogP contribution in [0.15, 0.2) is 14.7 Å². The second kappa shape index (κ2) is 46.6. The van der Waals surface area contributed by atoms with Crippen molar-refractivity contribution in [2.24, 2.45) is 0 Å². The van der Waals surface area contributed by atoms with Gasteiger partial charge in [-0.25, -0.2) is 25.6 Å². The Bertz CT molecular complexity index is 7840. The van der Waals surface area contributed by atoms with E-state index < -0.39 is 110 Å². The molecule has 0 aliphatic carbocycles. The summed E-state index contributed by atoms with van der Waals surface area (Å²) in [7, 11) is -13.2. The molecule has 3 heterocycles. The number of carbonyl (C=O) groups is 3. The van der Waals surface area contributed by atoms with Gasteiger partial charge >= 0.3 is 13.3 Å². The Morgan fingerprint density at radius 3 is 0.811 bits per heavy atom. The number of nitrogens with zero attached hydrogens (tertiary/aromatic N) is 3. The van der Waals surface area contributed by atoms with Gasteiger partial charge in [-0.15, -0.1) is 8.42 Å². The maximum Gasteiger partial charge on any atom is 0.526 e. The number of sulfonamides is 2. The van der Waals surface area contributed by atoms with Crippen molar-refractivity contribution in [1.29, 1.82) is 2.86 Å². The van der Waals surface area contributed by atoms with Crippen molar-refractivity contribution >= 4 is 111 Å². The summed E-state index contributed by atoms with van der Waals surface area (Å²) in [4.78, 5) is 51.4. The molecule has 0 saturated carbocycles. The van der Waals surface area contributed by atoms with Gasteiger partial charge in [0.05, 0.1) is 42.8 Å². The zero-order chi connectivity index (χ0) is 127. The van der Waals surface area contributed by atoms with E-state index in [0.717, 1.165) is 94.3 Å². The number of ketones is 3. The van der Waals surface area contributed by atoms with Crippen molar-refractivity contribution in [3.05, 3.63) is 288 Å². The number of nitrogens with two attached hydrogens (primary N) is 1. The molecule has 8 N–H and O–H groups in total. The quantitative estimate of drug-likeness (QED) is 0.0128. The highest BCUT2D eigenvalue weighted by Gasteiger charge is 2.38. The van der Waals surface area contributed by atoms with Gasteiger partial charge in [0.1, 0.15) is 0 Å². The molecule has 0 aliphatic rings. The van der Waals surface area contributed by atoms with Crippen LogP contribution in [0.25, 0.3) is 0 Å². The minimum Gasteiger partial charge on any atom is -0.618 e. The number of nitrogens with one attached hydrogen (secondary N) is 2. The summed E-state index contributed by atoms with van der Waals surface area (Å²) >= 11 is 17.6. The molecule has 0 fully saturated rings. The predicted octanol–water partition coefficient (Wildman–Crippen LogP) is 29.0. The lowest BCUT2D eigenvalue weighted by molar-refractivity contribution is -0.619. The third-order valence-corrected chi connectivity index (χ3v) is 34.9. The molecule has 0 spiro atoms. The number of carbonyl (C=O) groups excluding carboxylic acids is 3. The van der Waals surface area contributed by atoms with Crippen LogP contribution in [-0.4, -0.2) is 73.3 Å². The van der Waals surface area contributed by atoms with Crippen LogP contribution < -0.4 is 19.9 Å². The Kier molecular flexibility index (Phi) is 31.7. The lowest BCUT2D eigenvalue weighted by Crippen LogP contribution is -2.37. The summed E-state index contributed by atoms with van der Waals surface area (Å²) in [6.45, 7) is 61.3. The molecule has 7 aromatic carbocycles. The van der Waals surface area contributed by atoms with Crippen LogP contribution in [0.5, 0.6) is 0 Å². The standard InChI is InChI=1S/C33H43ClN2O4S.C33H43ClN2O3S.C19H23ClN2O.C15H24.C14H22O2S.2CH4.H2O4S/c1-15-19(5)32(20(6)16(2)28(15)33(12,13)14)41(39,40)35-30-18(4)17(3)29(34)23(9)27(30)31(37)26-21(7)24(10)36(38)25(11)22(26)8;1-15-19(5)32(20(6)16(2)28(15)33(12,13)14)40(38,39)36-30-18(4)17(3)29(34)23(9)27(30)31(37)26-21(7)24(10)35-25(11)22(26)8;1-8-9(2)18(21)16(12(5)17(8)20)19(23)15-10(3)13(6)22-14(7)11(15)4;1-9-10(2)12(4)14(15(6,7)8)13(5)11(9)3;1-8-10(3)13(17(15)16)11(4)9(2)12(8)14(5,6)7;;;1-5(2,3)4/h35H,1-14H3;36H,1-14H3;21H2,1-7H3;1-8H3;1-7H3,(H,15,16);2*1H4;(H2,1,2,3,4)/p+1/i2*12D3;;6D3,7D3;5D3,6D3;;;/hD2. The molecule has 10 aromatic rings. The number of hydrogen-bond acceptors (Lipinski definition) is 14. The second-order valence-corrected chi connectivity index (χ2v) is 45.4. The van der Waals surface area contributed by atoms with E-state index in [-0.39, 0.29) is 73.7 Å². The van der Waals surface area contributed by atoms with Gasteiger partial charge in [0.15, 0.2) is 39.8 Å². The number of hydrogen-bond donors (Lipinski definition) is 5. The number of halogens is 3. The lowest BCUT2D eigenvalue weighted by atomic mass is 9.77. The van der Waals surface area contributed by atoms with Gasteiger partial charge in [-0.2, -0.15) is 4.73 Å². The van der Waals surface area contributed by atoms with Crippen LogP contribution >= 0.6 is 34.8 Å². The minimum absolute atomic E-state index is 0. The minimum atomic E-state index is -4.66. The zero-order valence-corrected chi connectivity index (χ0v) is 96.0. The normalized spacial score (nSPS) is 14.6. The van der Waals surface area contributed by atoms with E-state index in [9.17, 15) is 53.6 Å². The Balaban J connectivity index is 0.000000529. The van der Waals surface area contributed by atoms with Crippen molar-refractivity contribution in [2.45, 2.75) is 397 Å². The second-order valence-electron chi connectivity index (χ2n) is 39.2. The number of rotatable bonds is 14. The summed E-state index contributed by atoms with van der Waals surface area (Å²) in [6.07, 6.45) is 0. The molecule has 0 amide bonds. The Morgan fingerprint density at radius 2 is 0.559 bits per heavy atom. The summed E-state index contributed by atoms with van der Waals surface area (Å²) in [5.41, 5.74) is 29.3. The smallest absolute Gasteiger partial charge is 0.526 e. The van der Waals surface area contributed by atoms with Gasteiger partial charge in [-0.05, 0) is 460 Å². The largest absolute Gasteiger partial charge is 0.618 e. The molecule has 1 atom stereocenters. The first-order valence-corrected chi connectivity index (χ1v) is 52.3. The molecule has 143 heavy (non-hydrogen) atoms. The molecule has 788 valence electrons. The number of pyridine rings is 3. The fourth-order valence-corrected chi connectivity index (χ4v) is 24.4. The molecule has 20 nitrogen and oxygen atoms in total. The van der Waals surface area contributed by atoms with Crippen molar-refractivity contribution in [3.8, 4) is 0 Å². The highest BCUT2D eigenvalue weighted by molar-refractivity contribution is 7.93. The van der Waals surface area contributed by atoms with Crippen LogP contribution in [0.4, 0.5) is 17.1 Å². The summed E-state index contributed by atoms with van der Waals surface area (Å²) < 4.78 is 266. The van der Waals surface area contributed by atoms with Crippen molar-refractivity contribution < 1.29 is 86.9 Å². The van der Waals surface area contributed by atoms with Crippen molar-refractivity contribution in [3.63, 3.8) is 0 Å². The molecule has 10 rings (SSSR count). The number of aromatic nitrogens is 3. The molecule has 0 bridgehead atoms. The molecular weight excluding hydrogens is 1940 g/mol. The molecule has 3 aromatic heterocycles. The van der Waals surface area contributed by atoms with Gasteiger partial charge in [-0.1, -0.05) is 132 Å². The van der Waals surface area contributed by atoms with Crippen LogP contribution in [0, 0.1) is 268 Å². The van der Waals surface area contributed by atoms with E-state index in [0.29, 0.717) is 182 Å². The first kappa shape index (κ1) is 97.4. The molecular formula is C116H166Cl3N6O14S4+. The number of anilines is 3. The van der Waals surface area contributed by atoms with Crippen molar-refractivity contribution in [1.82, 2.24) is 9.97 Å². The Morgan fingerprint density at radius 1 is 0.343 bits per heavy atom. The molecule has 0 aliphatic heterocycles. The van der Waals surface area contributed by atoms with E-state index in [1.807, 2.05) is 111 Å². The third kappa shape index (κ3) is 25.9. The average molecular weight is 2120 g/mol. The van der Waals surface area contributed by atoms with Gasteiger partial charge in [-0.3, -0.25) is 33.8 Å². The lowest BCUT2D eigenvalue weighted by Gasteiger charge is -2.29. The highest BCUT2D eigenvalue weighted by Crippen LogP contribution is 2.47. The average Bonchev–Trinajstić information content (AvgIpc) is 0.720. The maximum atomic E-state index is 14.4. The van der Waals surface area contributed by atoms with Gasteiger partial charge in [0.2, 0.25) is 0 Å². The predicted molar refractivity (Wildman–Crippen MR) is 603 cm³/mol. The van der Waals surface area contributed by atoms with Gasteiger partial charge in [0.25, 0.3) is 20.0 Å². The Hall–Kier alpha value is -9.05. The van der Waals surface area contributed by atoms with E-state index in [1.54, 1.807) is 180 Å². The molecule has 1 unspecified atom stereocenters. The number of aryl methyl sites for hydroxylation is 4. The molecule has 0 radical (unpaired) electrons. The molecule has 27 heteroatoms. The fourth-order valence-electron chi connectivity index (χ4n) is 19.4. The number of nitrogen functional groups attached to an aromatic ring is 1. The number of benzene rings is 7. The maximum absolute atomic E-state index is 14.4. The molecule has 0 saturated heterocycles. The van der Waals surface area contributed by atoms with E-state index in [2.05, 4.69) is 19.4 Å². The fraction of sp³-hybridized carbons (Fsp3) is 0.483. The first-order valence-electron chi connectivity index (χ1n) is 55.5. The van der Waals surface area contributed by atoms with Crippen molar-refractivity contribution in [2.75, 3.05) is 15.2 Å². The summed E-state index contributed by atoms with van der Waals surface area (Å²) in [5.74, 6) is -0.851. The first-order chi connectivity index (χ1) is 72.0. The zero-order valence-electron chi connectivity index (χ0n) is 110. The topological polar surface area (TPSA) is 337 Å². The van der Waals surface area contributed by atoms with Crippen LogP contribution in [0.3, 0.4) is 0 Å². The third-order valence-electron chi connectivity index (χ3n) is 29.0. The van der Waals surface area contributed by atoms with Gasteiger partial charge < -0.3 is 20.1 Å². The van der Waals surface area contributed by atoms with Gasteiger partial charge in [0, 0.05) is 110 Å². The monoisotopic (exact) mass is 2120 g/mol. The van der Waals surface area contributed by atoms with E-state index >= 15 is 0 Å². The summed E-state index contributed by atoms with van der Waals surface area (Å²) in [5, 5.41) is 14.0. The SMILES string of the molecule is C.C.Cc1nc(C)c(C)c(C(=O)c2c(C)c(Cl)c(C)c(C)c2N)c1C.[2H]C([2H])([2H])C(C)(C)c1c(C)c(C)c(S(=O)(=O)Nc2c(C)c(C)c(Cl)c(C)c2C(=O)c2c(C)c(C)[n+]([O-])c(C)c2C)c(C)c1C.[2H]C([2H])([2H])C(C)(C)c1c(C)c(C)c(S(=O)(=O)Nc2c(C)c(C)c(Cl)c(C)c2C(=O)c2c(C)c(C)nc(C)c2C)c(C)c1C.[2H]C([2H])([2H])C(C)(c1c(C)c(C)c(C)c(C)c1C)C([2H])([2H])[2H].[2H]C([2H])([2H])C(C)(c1c(C)c(C)c(S(=O)O)c(C)c1C)C([2H])([2H])[2H].[2H][O+]([2H])S(=O)(=O)O. The van der Waals surface area contributed by atoms with Crippen LogP contribution in [0.1, 0.15) is 404 Å². The van der Waals surface area contributed by atoms with Crippen LogP contribution in [-0.2, 0) is 63.2 Å². The Labute approximate surface area is 905 Å². The van der Waals surface area contributed by atoms with E-state index in [1.165, 1.54) is 13.8 Å². The summed E-state index contributed by atoms with van der Waals surface area (Å²) in [6, 6.07) is 0.